The average Bonchev–Trinajstić information content (AvgIpc) is 2.33. The second-order valence-corrected chi connectivity index (χ2v) is 7.13. The molecule has 2 aliphatic rings. The van der Waals surface area contributed by atoms with Crippen molar-refractivity contribution in [3.63, 3.8) is 0 Å². The summed E-state index contributed by atoms with van der Waals surface area (Å²) in [6, 6.07) is 6.33. The Kier molecular flexibility index (Phi) is 3.77. The summed E-state index contributed by atoms with van der Waals surface area (Å²) in [4.78, 5) is 0.262. The zero-order valence-electron chi connectivity index (χ0n) is 10.6. The molecule has 3 rings (SSSR count). The van der Waals surface area contributed by atoms with E-state index in [1.165, 1.54) is 24.0 Å². The summed E-state index contributed by atoms with van der Waals surface area (Å²) in [6.45, 7) is 0. The third kappa shape index (κ3) is 2.94. The Bertz CT molecular complexity index is 548. The van der Waals surface area contributed by atoms with Crippen LogP contribution in [0.4, 0.5) is 0 Å². The molecule has 3 heteroatoms. The lowest BCUT2D eigenvalue weighted by molar-refractivity contribution is 0.0548. The molecular formula is C15H18O2S. The number of fused-ring (bicyclic) bond motifs is 1. The van der Waals surface area contributed by atoms with Crippen LogP contribution in [-0.4, -0.2) is 14.7 Å². The van der Waals surface area contributed by atoms with Crippen LogP contribution >= 0.6 is 0 Å². The Hall–Kier alpha value is -1.27. The van der Waals surface area contributed by atoms with E-state index in [9.17, 15) is 8.42 Å². The van der Waals surface area contributed by atoms with Crippen molar-refractivity contribution in [3.05, 3.63) is 29.8 Å². The first-order valence-electron chi connectivity index (χ1n) is 6.27. The standard InChI is InChI=1S/C9H8O2S.C6H10/c1-3-8-5-4-6-9(7-8)12(2,10)11;1-2-6-4-3-5(1)6/h1,4-7H,2H3;5-6H,1-4H2. The molecule has 2 fully saturated rings. The van der Waals surface area contributed by atoms with Gasteiger partial charge >= 0.3 is 0 Å². The van der Waals surface area contributed by atoms with Gasteiger partial charge in [-0.05, 0) is 55.7 Å². The van der Waals surface area contributed by atoms with Gasteiger partial charge in [0.05, 0.1) is 4.90 Å². The molecule has 0 aliphatic heterocycles. The maximum absolute atomic E-state index is 11.0. The summed E-state index contributed by atoms with van der Waals surface area (Å²) >= 11 is 0. The average molecular weight is 262 g/mol. The van der Waals surface area contributed by atoms with Crippen LogP contribution in [0.2, 0.25) is 0 Å². The van der Waals surface area contributed by atoms with Gasteiger partial charge in [0.2, 0.25) is 0 Å². The molecule has 0 heterocycles. The van der Waals surface area contributed by atoms with E-state index in [2.05, 4.69) is 5.92 Å². The first-order valence-corrected chi connectivity index (χ1v) is 8.16. The van der Waals surface area contributed by atoms with E-state index in [-0.39, 0.29) is 4.90 Å². The van der Waals surface area contributed by atoms with Crippen LogP contribution in [0.15, 0.2) is 29.2 Å². The quantitative estimate of drug-likeness (QED) is 0.729. The summed E-state index contributed by atoms with van der Waals surface area (Å²) in [6.07, 6.45) is 12.5. The fourth-order valence-electron chi connectivity index (χ4n) is 2.38. The number of hydrogen-bond acceptors (Lipinski definition) is 2. The van der Waals surface area contributed by atoms with Crippen LogP contribution in [0.3, 0.4) is 0 Å². The van der Waals surface area contributed by atoms with Gasteiger partial charge in [-0.25, -0.2) is 8.42 Å². The molecule has 0 atom stereocenters. The monoisotopic (exact) mass is 262 g/mol. The molecule has 0 unspecified atom stereocenters. The van der Waals surface area contributed by atoms with Crippen LogP contribution in [0.1, 0.15) is 31.2 Å². The van der Waals surface area contributed by atoms with Crippen molar-refractivity contribution in [1.29, 1.82) is 0 Å². The normalized spacial score (nSPS) is 24.4. The Morgan fingerprint density at radius 3 is 2.06 bits per heavy atom. The van der Waals surface area contributed by atoms with Crippen molar-refractivity contribution in [2.24, 2.45) is 11.8 Å². The van der Waals surface area contributed by atoms with E-state index < -0.39 is 9.84 Å². The highest BCUT2D eigenvalue weighted by molar-refractivity contribution is 7.90. The first-order chi connectivity index (χ1) is 8.50. The zero-order valence-corrected chi connectivity index (χ0v) is 11.4. The summed E-state index contributed by atoms with van der Waals surface area (Å²) < 4.78 is 22.1. The van der Waals surface area contributed by atoms with Crippen LogP contribution < -0.4 is 0 Å². The molecule has 2 saturated carbocycles. The van der Waals surface area contributed by atoms with Crippen molar-refractivity contribution < 1.29 is 8.42 Å². The number of rotatable bonds is 1. The Morgan fingerprint density at radius 2 is 1.72 bits per heavy atom. The molecule has 2 nitrogen and oxygen atoms in total. The van der Waals surface area contributed by atoms with E-state index in [0.717, 1.165) is 6.26 Å². The van der Waals surface area contributed by atoms with Crippen molar-refractivity contribution in [2.75, 3.05) is 6.26 Å². The van der Waals surface area contributed by atoms with Crippen LogP contribution in [-0.2, 0) is 9.84 Å². The molecular weight excluding hydrogens is 244 g/mol. The highest BCUT2D eigenvalue weighted by atomic mass is 32.2. The van der Waals surface area contributed by atoms with E-state index in [1.807, 2.05) is 0 Å². The lowest BCUT2D eigenvalue weighted by Gasteiger charge is -2.46. The summed E-state index contributed by atoms with van der Waals surface area (Å²) in [5.74, 6) is 4.80. The summed E-state index contributed by atoms with van der Waals surface area (Å²) in [5, 5.41) is 0. The molecule has 0 amide bonds. The van der Waals surface area contributed by atoms with E-state index in [1.54, 1.807) is 37.8 Å². The van der Waals surface area contributed by atoms with Gasteiger partial charge in [-0.3, -0.25) is 0 Å². The number of terminal acetylenes is 1. The van der Waals surface area contributed by atoms with Gasteiger partial charge in [-0.2, -0.15) is 0 Å². The third-order valence-corrected chi connectivity index (χ3v) is 5.02. The minimum atomic E-state index is -3.13. The van der Waals surface area contributed by atoms with Crippen molar-refractivity contribution in [1.82, 2.24) is 0 Å². The molecule has 2 aliphatic carbocycles. The molecule has 0 radical (unpaired) electrons. The Morgan fingerprint density at radius 1 is 1.17 bits per heavy atom. The van der Waals surface area contributed by atoms with E-state index in [4.69, 9.17) is 6.42 Å². The molecule has 1 aromatic rings. The molecule has 96 valence electrons. The predicted molar refractivity (Wildman–Crippen MR) is 72.9 cm³/mol. The molecule has 0 spiro atoms. The van der Waals surface area contributed by atoms with Gasteiger partial charge < -0.3 is 0 Å². The molecule has 0 N–H and O–H groups in total. The second kappa shape index (κ2) is 5.16. The Balaban J connectivity index is 0.000000164. The van der Waals surface area contributed by atoms with Gasteiger partial charge in [0.15, 0.2) is 9.84 Å². The molecule has 0 saturated heterocycles. The highest BCUT2D eigenvalue weighted by Crippen LogP contribution is 2.49. The van der Waals surface area contributed by atoms with Crippen molar-refractivity contribution in [3.8, 4) is 12.3 Å². The fourth-order valence-corrected chi connectivity index (χ4v) is 3.05. The van der Waals surface area contributed by atoms with Gasteiger partial charge in [0.1, 0.15) is 0 Å². The molecule has 18 heavy (non-hydrogen) atoms. The smallest absolute Gasteiger partial charge is 0.175 e. The largest absolute Gasteiger partial charge is 0.224 e. The van der Waals surface area contributed by atoms with E-state index in [0.29, 0.717) is 5.56 Å². The maximum atomic E-state index is 11.0. The third-order valence-electron chi connectivity index (χ3n) is 3.91. The molecule has 0 aromatic heterocycles. The van der Waals surface area contributed by atoms with Gasteiger partial charge in [0, 0.05) is 11.8 Å². The van der Waals surface area contributed by atoms with Crippen LogP contribution in [0, 0.1) is 24.2 Å². The predicted octanol–water partition coefficient (Wildman–Crippen LogP) is 2.88. The summed E-state index contributed by atoms with van der Waals surface area (Å²) in [5.41, 5.74) is 0.581. The lowest BCUT2D eigenvalue weighted by Crippen LogP contribution is -2.34. The molecule has 0 bridgehead atoms. The van der Waals surface area contributed by atoms with Gasteiger partial charge in [-0.15, -0.1) is 6.42 Å². The minimum absolute atomic E-state index is 0.262. The fraction of sp³-hybridized carbons (Fsp3) is 0.467. The number of benzene rings is 1. The van der Waals surface area contributed by atoms with E-state index >= 15 is 0 Å². The minimum Gasteiger partial charge on any atom is -0.224 e. The molecule has 1 aromatic carbocycles. The zero-order chi connectivity index (χ0) is 13.2. The lowest BCUT2D eigenvalue weighted by atomic mass is 9.60. The number of hydrogen-bond donors (Lipinski definition) is 0. The number of sulfone groups is 1. The SMILES string of the molecule is C#Cc1cccc(S(C)(=O)=O)c1.C1CC2CCC12. The van der Waals surface area contributed by atoms with Crippen LogP contribution in [0.5, 0.6) is 0 Å². The second-order valence-electron chi connectivity index (χ2n) is 5.12. The van der Waals surface area contributed by atoms with Gasteiger partial charge in [0.25, 0.3) is 0 Å². The van der Waals surface area contributed by atoms with Crippen LogP contribution in [0.25, 0.3) is 0 Å². The topological polar surface area (TPSA) is 34.1 Å². The highest BCUT2D eigenvalue weighted by Gasteiger charge is 2.37. The van der Waals surface area contributed by atoms with Crippen molar-refractivity contribution in [2.45, 2.75) is 30.6 Å². The summed E-state index contributed by atoms with van der Waals surface area (Å²) in [7, 11) is -3.13. The van der Waals surface area contributed by atoms with Gasteiger partial charge in [-0.1, -0.05) is 12.0 Å². The maximum Gasteiger partial charge on any atom is 0.175 e. The Labute approximate surface area is 109 Å². The van der Waals surface area contributed by atoms with Crippen molar-refractivity contribution >= 4 is 9.84 Å². The first kappa shape index (κ1) is 13.2.